The molecule has 166 valence electrons. The SMILES string of the molecule is Cc1cc(-c2cncnc2)cc(C2CCCN(C(=O)CCN(C)c3cccc(F)c3)C2)n1. The lowest BCUT2D eigenvalue weighted by molar-refractivity contribution is -0.132. The molecule has 6 nitrogen and oxygen atoms in total. The molecule has 0 spiro atoms. The molecule has 0 saturated carbocycles. The standard InChI is InChI=1S/C25H28FN5O/c1-18-11-20(21-14-27-17-28-15-21)12-24(29-18)19-5-4-9-31(16-19)25(32)8-10-30(2)23-7-3-6-22(26)13-23/h3,6-7,11-15,17,19H,4-5,8-10,16H2,1-2H3. The van der Waals surface area contributed by atoms with Crippen LogP contribution in [0.3, 0.4) is 0 Å². The summed E-state index contributed by atoms with van der Waals surface area (Å²) in [5.74, 6) is 0.0610. The van der Waals surface area contributed by atoms with Crippen LogP contribution < -0.4 is 4.90 Å². The monoisotopic (exact) mass is 433 g/mol. The lowest BCUT2D eigenvalue weighted by Gasteiger charge is -2.33. The zero-order chi connectivity index (χ0) is 22.5. The third-order valence-electron chi connectivity index (χ3n) is 5.97. The first-order valence-corrected chi connectivity index (χ1v) is 11.0. The number of hydrogen-bond donors (Lipinski definition) is 0. The van der Waals surface area contributed by atoms with Crippen molar-refractivity contribution >= 4 is 11.6 Å². The quantitative estimate of drug-likeness (QED) is 0.583. The van der Waals surface area contributed by atoms with E-state index in [1.54, 1.807) is 18.5 Å². The second-order valence-corrected chi connectivity index (χ2v) is 8.38. The molecule has 2 aromatic heterocycles. The van der Waals surface area contributed by atoms with Gasteiger partial charge in [0.2, 0.25) is 5.91 Å². The van der Waals surface area contributed by atoms with E-state index in [1.165, 1.54) is 18.5 Å². The van der Waals surface area contributed by atoms with E-state index in [-0.39, 0.29) is 17.6 Å². The maximum absolute atomic E-state index is 13.5. The maximum atomic E-state index is 13.5. The molecule has 1 saturated heterocycles. The Morgan fingerprint density at radius 2 is 2.00 bits per heavy atom. The van der Waals surface area contributed by atoms with Gasteiger partial charge in [0, 0.05) is 74.1 Å². The Kier molecular flexibility index (Phi) is 6.73. The highest BCUT2D eigenvalue weighted by Gasteiger charge is 2.26. The van der Waals surface area contributed by atoms with Crippen LogP contribution in [-0.4, -0.2) is 52.4 Å². The number of nitrogens with zero attached hydrogens (tertiary/aromatic N) is 5. The van der Waals surface area contributed by atoms with Crippen molar-refractivity contribution in [3.05, 3.63) is 72.3 Å². The van der Waals surface area contributed by atoms with Crippen molar-refractivity contribution in [1.82, 2.24) is 19.9 Å². The van der Waals surface area contributed by atoms with Crippen LogP contribution in [0.15, 0.2) is 55.1 Å². The first kappa shape index (κ1) is 21.9. The van der Waals surface area contributed by atoms with Crippen LogP contribution >= 0.6 is 0 Å². The minimum Gasteiger partial charge on any atom is -0.374 e. The number of carbonyl (C=O) groups excluding carboxylic acids is 1. The molecular formula is C25H28FN5O. The number of carbonyl (C=O) groups is 1. The smallest absolute Gasteiger partial charge is 0.224 e. The summed E-state index contributed by atoms with van der Waals surface area (Å²) in [6.07, 6.45) is 7.49. The highest BCUT2D eigenvalue weighted by Crippen LogP contribution is 2.29. The second-order valence-electron chi connectivity index (χ2n) is 8.38. The van der Waals surface area contributed by atoms with E-state index >= 15 is 0 Å². The third kappa shape index (κ3) is 5.28. The Balaban J connectivity index is 1.41. The average Bonchev–Trinajstić information content (AvgIpc) is 2.82. The summed E-state index contributed by atoms with van der Waals surface area (Å²) in [5.41, 5.74) is 4.74. The van der Waals surface area contributed by atoms with E-state index in [1.807, 2.05) is 35.9 Å². The molecule has 1 amide bonds. The minimum atomic E-state index is -0.272. The van der Waals surface area contributed by atoms with Gasteiger partial charge in [-0.1, -0.05) is 6.07 Å². The van der Waals surface area contributed by atoms with Crippen LogP contribution in [0.25, 0.3) is 11.1 Å². The number of aryl methyl sites for hydroxylation is 1. The molecule has 1 atom stereocenters. The number of likely N-dealkylation sites (tertiary alicyclic amines) is 1. The predicted molar refractivity (Wildman–Crippen MR) is 123 cm³/mol. The molecule has 1 aromatic carbocycles. The topological polar surface area (TPSA) is 62.2 Å². The minimum absolute atomic E-state index is 0.127. The van der Waals surface area contributed by atoms with Crippen molar-refractivity contribution < 1.29 is 9.18 Å². The van der Waals surface area contributed by atoms with Crippen molar-refractivity contribution in [1.29, 1.82) is 0 Å². The fourth-order valence-corrected chi connectivity index (χ4v) is 4.23. The van der Waals surface area contributed by atoms with Crippen LogP contribution in [0.1, 0.15) is 36.6 Å². The van der Waals surface area contributed by atoms with Gasteiger partial charge >= 0.3 is 0 Å². The highest BCUT2D eigenvalue weighted by molar-refractivity contribution is 5.77. The molecule has 0 bridgehead atoms. The summed E-state index contributed by atoms with van der Waals surface area (Å²) in [7, 11) is 1.88. The summed E-state index contributed by atoms with van der Waals surface area (Å²) in [5, 5.41) is 0. The van der Waals surface area contributed by atoms with Gasteiger partial charge in [-0.15, -0.1) is 0 Å². The normalized spacial score (nSPS) is 16.1. The van der Waals surface area contributed by atoms with Gasteiger partial charge < -0.3 is 9.80 Å². The number of hydrogen-bond acceptors (Lipinski definition) is 5. The molecular weight excluding hydrogens is 405 g/mol. The maximum Gasteiger partial charge on any atom is 0.224 e. The Hall–Kier alpha value is -3.35. The van der Waals surface area contributed by atoms with Gasteiger partial charge in [0.1, 0.15) is 12.1 Å². The average molecular weight is 434 g/mol. The lowest BCUT2D eigenvalue weighted by atomic mass is 9.92. The molecule has 0 aliphatic carbocycles. The van der Waals surface area contributed by atoms with E-state index in [0.717, 1.165) is 47.6 Å². The first-order chi connectivity index (χ1) is 15.5. The number of piperidine rings is 1. The van der Waals surface area contributed by atoms with Gasteiger partial charge in [-0.05, 0) is 55.7 Å². The fourth-order valence-electron chi connectivity index (χ4n) is 4.23. The summed E-state index contributed by atoms with van der Waals surface area (Å²) >= 11 is 0. The number of pyridine rings is 1. The summed E-state index contributed by atoms with van der Waals surface area (Å²) in [6, 6.07) is 10.6. The molecule has 1 fully saturated rings. The van der Waals surface area contributed by atoms with Gasteiger partial charge in [-0.2, -0.15) is 0 Å². The van der Waals surface area contributed by atoms with Crippen molar-refractivity contribution in [3.8, 4) is 11.1 Å². The van der Waals surface area contributed by atoms with E-state index in [9.17, 15) is 9.18 Å². The molecule has 3 aromatic rings. The molecule has 3 heterocycles. The predicted octanol–water partition coefficient (Wildman–Crippen LogP) is 4.22. The molecule has 1 unspecified atom stereocenters. The largest absolute Gasteiger partial charge is 0.374 e. The van der Waals surface area contributed by atoms with Crippen molar-refractivity contribution in [2.45, 2.75) is 32.1 Å². The van der Waals surface area contributed by atoms with E-state index < -0.39 is 0 Å². The lowest BCUT2D eigenvalue weighted by Crippen LogP contribution is -2.40. The number of benzene rings is 1. The van der Waals surface area contributed by atoms with Gasteiger partial charge in [-0.25, -0.2) is 14.4 Å². The van der Waals surface area contributed by atoms with Crippen molar-refractivity contribution in [3.63, 3.8) is 0 Å². The van der Waals surface area contributed by atoms with Crippen molar-refractivity contribution in [2.24, 2.45) is 0 Å². The van der Waals surface area contributed by atoms with Gasteiger partial charge in [0.15, 0.2) is 0 Å². The van der Waals surface area contributed by atoms with Crippen LogP contribution in [0.5, 0.6) is 0 Å². The first-order valence-electron chi connectivity index (χ1n) is 11.0. The molecule has 0 radical (unpaired) electrons. The third-order valence-corrected chi connectivity index (χ3v) is 5.97. The van der Waals surface area contributed by atoms with E-state index in [0.29, 0.717) is 19.5 Å². The highest BCUT2D eigenvalue weighted by atomic mass is 19.1. The summed E-state index contributed by atoms with van der Waals surface area (Å²) in [4.78, 5) is 29.8. The van der Waals surface area contributed by atoms with Gasteiger partial charge in [-0.3, -0.25) is 9.78 Å². The number of halogens is 1. The zero-order valence-corrected chi connectivity index (χ0v) is 18.5. The summed E-state index contributed by atoms with van der Waals surface area (Å²) in [6.45, 7) is 3.98. The van der Waals surface area contributed by atoms with E-state index in [4.69, 9.17) is 4.98 Å². The number of anilines is 1. The van der Waals surface area contributed by atoms with Crippen LogP contribution in [-0.2, 0) is 4.79 Å². The number of rotatable bonds is 6. The van der Waals surface area contributed by atoms with Crippen LogP contribution in [0, 0.1) is 12.7 Å². The van der Waals surface area contributed by atoms with Crippen LogP contribution in [0.2, 0.25) is 0 Å². The molecule has 4 rings (SSSR count). The fraction of sp³-hybridized carbons (Fsp3) is 0.360. The Morgan fingerprint density at radius 3 is 2.78 bits per heavy atom. The number of amides is 1. The zero-order valence-electron chi connectivity index (χ0n) is 18.5. The van der Waals surface area contributed by atoms with Gasteiger partial charge in [0.05, 0.1) is 0 Å². The molecule has 1 aliphatic rings. The van der Waals surface area contributed by atoms with Crippen LogP contribution in [0.4, 0.5) is 10.1 Å². The Morgan fingerprint density at radius 1 is 1.19 bits per heavy atom. The molecule has 32 heavy (non-hydrogen) atoms. The second kappa shape index (κ2) is 9.85. The molecule has 1 aliphatic heterocycles. The Bertz CT molecular complexity index is 1070. The van der Waals surface area contributed by atoms with Gasteiger partial charge in [0.25, 0.3) is 0 Å². The Labute approximate surface area is 188 Å². The summed E-state index contributed by atoms with van der Waals surface area (Å²) < 4.78 is 13.5. The van der Waals surface area contributed by atoms with E-state index in [2.05, 4.69) is 16.0 Å². The molecule has 0 N–H and O–H groups in total. The number of aromatic nitrogens is 3. The molecule has 7 heteroatoms. The van der Waals surface area contributed by atoms with Crippen molar-refractivity contribution in [2.75, 3.05) is 31.6 Å².